The van der Waals surface area contributed by atoms with Gasteiger partial charge >= 0.3 is 0 Å². The maximum absolute atomic E-state index is 5.47. The largest absolute Gasteiger partial charge is 0.357 e. The Labute approximate surface area is 90.6 Å². The van der Waals surface area contributed by atoms with Crippen molar-refractivity contribution in [3.05, 3.63) is 0 Å². The molecule has 0 aliphatic carbocycles. The van der Waals surface area contributed by atoms with Crippen molar-refractivity contribution in [2.75, 3.05) is 33.9 Å². The number of hydrogen-bond donors (Lipinski definition) is 0. The van der Waals surface area contributed by atoms with Crippen LogP contribution in [-0.2, 0) is 9.47 Å². The standard InChI is InChI=1S/C10H23NO2Si/c1-5-12-10(13-6-2)14-9-7-8-11(3)4/h10H,5-9H2,1-4H3. The molecule has 14 heavy (non-hydrogen) atoms. The van der Waals surface area contributed by atoms with E-state index in [1.807, 2.05) is 13.8 Å². The van der Waals surface area contributed by atoms with E-state index in [0.717, 1.165) is 29.3 Å². The lowest BCUT2D eigenvalue weighted by molar-refractivity contribution is -0.0827. The summed E-state index contributed by atoms with van der Waals surface area (Å²) in [4.78, 5) is 2.21. The van der Waals surface area contributed by atoms with Gasteiger partial charge in [0.2, 0.25) is 0 Å². The Hall–Kier alpha value is 0.0969. The van der Waals surface area contributed by atoms with E-state index in [9.17, 15) is 0 Å². The van der Waals surface area contributed by atoms with E-state index in [0.29, 0.717) is 0 Å². The van der Waals surface area contributed by atoms with Crippen molar-refractivity contribution >= 4 is 9.52 Å². The molecular formula is C10H23NO2Si. The van der Waals surface area contributed by atoms with Crippen LogP contribution in [0.2, 0.25) is 6.04 Å². The summed E-state index contributed by atoms with van der Waals surface area (Å²) in [5.74, 6) is 0.0344. The lowest BCUT2D eigenvalue weighted by Gasteiger charge is -2.16. The molecule has 0 N–H and O–H groups in total. The lowest BCUT2D eigenvalue weighted by Crippen LogP contribution is -2.25. The van der Waals surface area contributed by atoms with Gasteiger partial charge in [0.05, 0.1) is 0 Å². The molecule has 0 aliphatic rings. The predicted molar refractivity (Wildman–Crippen MR) is 60.8 cm³/mol. The second-order valence-electron chi connectivity index (χ2n) is 3.35. The van der Waals surface area contributed by atoms with Crippen LogP contribution in [0.4, 0.5) is 0 Å². The van der Waals surface area contributed by atoms with Crippen LogP contribution in [0.15, 0.2) is 0 Å². The van der Waals surface area contributed by atoms with Crippen molar-refractivity contribution in [1.82, 2.24) is 4.90 Å². The zero-order valence-corrected chi connectivity index (χ0v) is 10.9. The molecule has 2 radical (unpaired) electrons. The normalized spacial score (nSPS) is 11.6. The third kappa shape index (κ3) is 8.68. The van der Waals surface area contributed by atoms with Gasteiger partial charge in [-0.25, -0.2) is 0 Å². The molecule has 0 spiro atoms. The predicted octanol–water partition coefficient (Wildman–Crippen LogP) is 1.42. The minimum atomic E-state index is 0.0344. The van der Waals surface area contributed by atoms with E-state index < -0.39 is 0 Å². The molecule has 0 rings (SSSR count). The van der Waals surface area contributed by atoms with Crippen molar-refractivity contribution in [3.8, 4) is 0 Å². The quantitative estimate of drug-likeness (QED) is 0.331. The smallest absolute Gasteiger partial charge is 0.137 e. The van der Waals surface area contributed by atoms with Crippen LogP contribution in [0.1, 0.15) is 20.3 Å². The Kier molecular flexibility index (Phi) is 9.71. The summed E-state index contributed by atoms with van der Waals surface area (Å²) in [6.07, 6.45) is 1.22. The van der Waals surface area contributed by atoms with E-state index in [-0.39, 0.29) is 5.91 Å². The van der Waals surface area contributed by atoms with E-state index in [2.05, 4.69) is 19.0 Å². The SMILES string of the molecule is CCOC(OCC)[Si]CCCN(C)C. The van der Waals surface area contributed by atoms with E-state index in [1.54, 1.807) is 0 Å². The van der Waals surface area contributed by atoms with Gasteiger partial charge in [0.15, 0.2) is 0 Å². The van der Waals surface area contributed by atoms with Crippen molar-refractivity contribution in [2.45, 2.75) is 32.2 Å². The molecular weight excluding hydrogens is 194 g/mol. The molecule has 0 saturated carbocycles. The Balaban J connectivity index is 3.40. The van der Waals surface area contributed by atoms with Crippen LogP contribution in [0, 0.1) is 0 Å². The molecule has 3 nitrogen and oxygen atoms in total. The molecule has 0 aromatic rings. The highest BCUT2D eigenvalue weighted by molar-refractivity contribution is 6.36. The first-order chi connectivity index (χ1) is 6.70. The van der Waals surface area contributed by atoms with Crippen LogP contribution in [-0.4, -0.2) is 54.2 Å². The Bertz CT molecular complexity index is 117. The summed E-state index contributed by atoms with van der Waals surface area (Å²) in [6, 6.07) is 1.20. The van der Waals surface area contributed by atoms with Gasteiger partial charge in [0.25, 0.3) is 0 Å². The van der Waals surface area contributed by atoms with Gasteiger partial charge in [-0.15, -0.1) is 0 Å². The summed E-state index contributed by atoms with van der Waals surface area (Å²) in [5.41, 5.74) is 0. The minimum absolute atomic E-state index is 0.0344. The molecule has 0 aliphatic heterocycles. The second-order valence-corrected chi connectivity index (χ2v) is 4.73. The van der Waals surface area contributed by atoms with Gasteiger partial charge in [0, 0.05) is 13.2 Å². The van der Waals surface area contributed by atoms with Crippen LogP contribution >= 0.6 is 0 Å². The van der Waals surface area contributed by atoms with Crippen molar-refractivity contribution in [1.29, 1.82) is 0 Å². The van der Waals surface area contributed by atoms with Crippen molar-refractivity contribution in [3.63, 3.8) is 0 Å². The van der Waals surface area contributed by atoms with E-state index >= 15 is 0 Å². The van der Waals surface area contributed by atoms with Gasteiger partial charge in [-0.05, 0) is 40.9 Å². The number of hydrogen-bond acceptors (Lipinski definition) is 3. The first-order valence-electron chi connectivity index (χ1n) is 5.32. The second kappa shape index (κ2) is 9.64. The fourth-order valence-corrected chi connectivity index (χ4v) is 2.25. The maximum atomic E-state index is 5.47. The molecule has 0 unspecified atom stereocenters. The fraction of sp³-hybridized carbons (Fsp3) is 1.00. The van der Waals surface area contributed by atoms with Crippen molar-refractivity contribution < 1.29 is 9.47 Å². The Morgan fingerprint density at radius 2 is 1.71 bits per heavy atom. The number of nitrogens with zero attached hydrogens (tertiary/aromatic N) is 1. The average Bonchev–Trinajstić information content (AvgIpc) is 2.12. The molecule has 0 amide bonds. The Morgan fingerprint density at radius 3 is 2.14 bits per heavy atom. The van der Waals surface area contributed by atoms with Gasteiger partial charge < -0.3 is 14.4 Å². The highest BCUT2D eigenvalue weighted by Gasteiger charge is 2.08. The van der Waals surface area contributed by atoms with E-state index in [4.69, 9.17) is 9.47 Å². The average molecular weight is 217 g/mol. The molecule has 0 saturated heterocycles. The zero-order chi connectivity index (χ0) is 10.8. The first-order valence-corrected chi connectivity index (χ1v) is 6.60. The summed E-state index contributed by atoms with van der Waals surface area (Å²) < 4.78 is 10.9. The highest BCUT2D eigenvalue weighted by atomic mass is 28.2. The molecule has 0 aromatic carbocycles. The van der Waals surface area contributed by atoms with Gasteiger partial charge in [-0.1, -0.05) is 6.04 Å². The molecule has 0 aromatic heterocycles. The van der Waals surface area contributed by atoms with Gasteiger partial charge in [-0.3, -0.25) is 0 Å². The fourth-order valence-electron chi connectivity index (χ4n) is 1.08. The molecule has 84 valence electrons. The molecule has 4 heteroatoms. The van der Waals surface area contributed by atoms with Crippen LogP contribution in [0.25, 0.3) is 0 Å². The Morgan fingerprint density at radius 1 is 1.14 bits per heavy atom. The number of rotatable bonds is 9. The lowest BCUT2D eigenvalue weighted by atomic mass is 10.5. The third-order valence-corrected chi connectivity index (χ3v) is 3.04. The van der Waals surface area contributed by atoms with Crippen LogP contribution in [0.3, 0.4) is 0 Å². The first kappa shape index (κ1) is 14.1. The minimum Gasteiger partial charge on any atom is -0.357 e. The molecule has 0 fully saturated rings. The molecule has 0 heterocycles. The maximum Gasteiger partial charge on any atom is 0.137 e. The summed E-state index contributed by atoms with van der Waals surface area (Å²) >= 11 is 0. The van der Waals surface area contributed by atoms with E-state index in [1.165, 1.54) is 12.5 Å². The highest BCUT2D eigenvalue weighted by Crippen LogP contribution is 1.99. The summed E-state index contributed by atoms with van der Waals surface area (Å²) in [6.45, 7) is 6.65. The zero-order valence-electron chi connectivity index (χ0n) is 9.88. The monoisotopic (exact) mass is 217 g/mol. The van der Waals surface area contributed by atoms with Gasteiger partial charge in [0.1, 0.15) is 15.4 Å². The van der Waals surface area contributed by atoms with Crippen LogP contribution in [0.5, 0.6) is 0 Å². The summed E-state index contributed by atoms with van der Waals surface area (Å²) in [5, 5.41) is 0. The molecule has 0 bridgehead atoms. The van der Waals surface area contributed by atoms with Crippen LogP contribution < -0.4 is 0 Å². The number of ether oxygens (including phenoxy) is 2. The summed E-state index contributed by atoms with van der Waals surface area (Å²) in [7, 11) is 4.97. The molecule has 0 atom stereocenters. The third-order valence-electron chi connectivity index (χ3n) is 1.73. The topological polar surface area (TPSA) is 21.7 Å². The van der Waals surface area contributed by atoms with Crippen molar-refractivity contribution in [2.24, 2.45) is 0 Å². The van der Waals surface area contributed by atoms with Gasteiger partial charge in [-0.2, -0.15) is 0 Å².